The van der Waals surface area contributed by atoms with Crippen molar-refractivity contribution in [1.29, 1.82) is 0 Å². The number of thiophene rings is 1. The van der Waals surface area contributed by atoms with Crippen LogP contribution in [0.2, 0.25) is 0 Å². The second-order valence-corrected chi connectivity index (χ2v) is 6.01. The molecule has 1 saturated carbocycles. The first-order valence-electron chi connectivity index (χ1n) is 6.76. The van der Waals surface area contributed by atoms with E-state index < -0.39 is 0 Å². The predicted molar refractivity (Wildman–Crippen MR) is 75.3 cm³/mol. The summed E-state index contributed by atoms with van der Waals surface area (Å²) in [5.41, 5.74) is 0.956. The summed E-state index contributed by atoms with van der Waals surface area (Å²) in [6.45, 7) is 0.868. The Hall–Kier alpha value is -0.980. The SMILES string of the molecule is O=[N+]([O-])c1cc(CNC2CCCCCC2CO)cs1. The number of rotatable bonds is 5. The number of nitro groups is 1. The highest BCUT2D eigenvalue weighted by Gasteiger charge is 2.22. The molecule has 1 aliphatic rings. The highest BCUT2D eigenvalue weighted by atomic mass is 32.1. The summed E-state index contributed by atoms with van der Waals surface area (Å²) in [7, 11) is 0. The molecule has 1 aromatic heterocycles. The molecule has 0 amide bonds. The molecule has 0 radical (unpaired) electrons. The number of nitrogens with zero attached hydrogens (tertiary/aromatic N) is 1. The normalized spacial score (nSPS) is 24.1. The molecule has 2 N–H and O–H groups in total. The number of hydrogen-bond acceptors (Lipinski definition) is 5. The van der Waals surface area contributed by atoms with Gasteiger partial charge in [-0.1, -0.05) is 30.6 Å². The minimum atomic E-state index is -0.351. The Bertz CT molecular complexity index is 422. The second kappa shape index (κ2) is 6.98. The Labute approximate surface area is 116 Å². The zero-order valence-corrected chi connectivity index (χ0v) is 11.7. The number of hydrogen-bond donors (Lipinski definition) is 2. The largest absolute Gasteiger partial charge is 0.396 e. The van der Waals surface area contributed by atoms with E-state index in [1.807, 2.05) is 5.38 Å². The Morgan fingerprint density at radius 3 is 2.89 bits per heavy atom. The van der Waals surface area contributed by atoms with E-state index in [9.17, 15) is 15.2 Å². The average molecular weight is 284 g/mol. The van der Waals surface area contributed by atoms with E-state index in [1.54, 1.807) is 6.07 Å². The van der Waals surface area contributed by atoms with Gasteiger partial charge < -0.3 is 10.4 Å². The van der Waals surface area contributed by atoms with Crippen LogP contribution in [0.4, 0.5) is 5.00 Å². The first-order chi connectivity index (χ1) is 9.20. The van der Waals surface area contributed by atoms with Gasteiger partial charge in [-0.05, 0) is 24.3 Å². The third-order valence-electron chi connectivity index (χ3n) is 3.78. The van der Waals surface area contributed by atoms with E-state index in [1.165, 1.54) is 30.6 Å². The van der Waals surface area contributed by atoms with Crippen molar-refractivity contribution >= 4 is 16.3 Å². The Morgan fingerprint density at radius 2 is 2.21 bits per heavy atom. The molecule has 6 heteroatoms. The monoisotopic (exact) mass is 284 g/mol. The summed E-state index contributed by atoms with van der Waals surface area (Å²) in [5.74, 6) is 0.316. The zero-order chi connectivity index (χ0) is 13.7. The summed E-state index contributed by atoms with van der Waals surface area (Å²) in [4.78, 5) is 10.3. The summed E-state index contributed by atoms with van der Waals surface area (Å²) in [6.07, 6.45) is 5.76. The second-order valence-electron chi connectivity index (χ2n) is 5.12. The van der Waals surface area contributed by atoms with Crippen molar-refractivity contribution in [3.63, 3.8) is 0 Å². The van der Waals surface area contributed by atoms with Crippen LogP contribution in [0.1, 0.15) is 37.7 Å². The molecule has 0 aliphatic heterocycles. The molecule has 0 aromatic carbocycles. The zero-order valence-electron chi connectivity index (χ0n) is 10.9. The molecule has 1 heterocycles. The van der Waals surface area contributed by atoms with Gasteiger partial charge in [0.25, 0.3) is 0 Å². The number of aliphatic hydroxyl groups is 1. The molecule has 1 fully saturated rings. The molecule has 2 atom stereocenters. The van der Waals surface area contributed by atoms with Crippen molar-refractivity contribution in [3.8, 4) is 0 Å². The molecule has 0 saturated heterocycles. The summed E-state index contributed by atoms with van der Waals surface area (Å²) < 4.78 is 0. The number of nitrogens with one attached hydrogen (secondary N) is 1. The van der Waals surface area contributed by atoms with Crippen molar-refractivity contribution in [2.24, 2.45) is 5.92 Å². The minimum Gasteiger partial charge on any atom is -0.396 e. The first-order valence-corrected chi connectivity index (χ1v) is 7.64. The first kappa shape index (κ1) is 14.4. The van der Waals surface area contributed by atoms with Crippen LogP contribution < -0.4 is 5.32 Å². The predicted octanol–water partition coefficient (Wildman–Crippen LogP) is 2.69. The maximum Gasteiger partial charge on any atom is 0.324 e. The van der Waals surface area contributed by atoms with E-state index in [4.69, 9.17) is 0 Å². The van der Waals surface area contributed by atoms with E-state index in [0.29, 0.717) is 18.5 Å². The van der Waals surface area contributed by atoms with Crippen LogP contribution in [-0.2, 0) is 6.54 Å². The van der Waals surface area contributed by atoms with Crippen molar-refractivity contribution in [2.45, 2.75) is 44.7 Å². The van der Waals surface area contributed by atoms with Crippen LogP contribution in [-0.4, -0.2) is 22.7 Å². The van der Waals surface area contributed by atoms with Crippen LogP contribution in [0.15, 0.2) is 11.4 Å². The smallest absolute Gasteiger partial charge is 0.324 e. The van der Waals surface area contributed by atoms with Gasteiger partial charge in [-0.25, -0.2) is 0 Å². The quantitative estimate of drug-likeness (QED) is 0.495. The highest BCUT2D eigenvalue weighted by Crippen LogP contribution is 2.25. The molecule has 19 heavy (non-hydrogen) atoms. The number of aliphatic hydroxyl groups excluding tert-OH is 1. The van der Waals surface area contributed by atoms with Crippen LogP contribution in [0.25, 0.3) is 0 Å². The Balaban J connectivity index is 1.90. The third kappa shape index (κ3) is 3.99. The van der Waals surface area contributed by atoms with Gasteiger partial charge in [-0.15, -0.1) is 0 Å². The molecule has 2 rings (SSSR count). The van der Waals surface area contributed by atoms with Gasteiger partial charge in [0.2, 0.25) is 0 Å². The van der Waals surface area contributed by atoms with E-state index in [2.05, 4.69) is 5.32 Å². The Morgan fingerprint density at radius 1 is 1.42 bits per heavy atom. The lowest BCUT2D eigenvalue weighted by molar-refractivity contribution is -0.380. The van der Waals surface area contributed by atoms with E-state index in [-0.39, 0.29) is 16.5 Å². The maximum atomic E-state index is 10.6. The standard InChI is InChI=1S/C13H20N2O3S/c16-8-11-4-2-1-3-5-12(11)14-7-10-6-13(15(17)18)19-9-10/h6,9,11-12,14,16H,1-5,7-8H2. The fourth-order valence-electron chi connectivity index (χ4n) is 2.67. The van der Waals surface area contributed by atoms with Gasteiger partial charge >= 0.3 is 5.00 Å². The van der Waals surface area contributed by atoms with Crippen molar-refractivity contribution in [2.75, 3.05) is 6.61 Å². The van der Waals surface area contributed by atoms with Gasteiger partial charge in [0.15, 0.2) is 0 Å². The van der Waals surface area contributed by atoms with Crippen molar-refractivity contribution in [3.05, 3.63) is 27.1 Å². The summed E-state index contributed by atoms with van der Waals surface area (Å²) >= 11 is 1.17. The van der Waals surface area contributed by atoms with Gasteiger partial charge in [0, 0.05) is 30.6 Å². The molecule has 0 bridgehead atoms. The molecule has 1 aromatic rings. The maximum absolute atomic E-state index is 10.6. The minimum absolute atomic E-state index is 0.191. The molecule has 5 nitrogen and oxygen atoms in total. The Kier molecular flexibility index (Phi) is 5.30. The molecular formula is C13H20N2O3S. The van der Waals surface area contributed by atoms with E-state index >= 15 is 0 Å². The van der Waals surface area contributed by atoms with Crippen molar-refractivity contribution < 1.29 is 10.0 Å². The van der Waals surface area contributed by atoms with Gasteiger partial charge in [-0.2, -0.15) is 0 Å². The lowest BCUT2D eigenvalue weighted by atomic mass is 9.95. The third-order valence-corrected chi connectivity index (χ3v) is 4.71. The van der Waals surface area contributed by atoms with E-state index in [0.717, 1.165) is 18.4 Å². The lowest BCUT2D eigenvalue weighted by Gasteiger charge is -2.24. The van der Waals surface area contributed by atoms with Gasteiger partial charge in [0.1, 0.15) is 0 Å². The topological polar surface area (TPSA) is 75.4 Å². The summed E-state index contributed by atoms with van der Waals surface area (Å²) in [6, 6.07) is 1.95. The van der Waals surface area contributed by atoms with Crippen LogP contribution in [0.5, 0.6) is 0 Å². The lowest BCUT2D eigenvalue weighted by Crippen LogP contribution is -2.36. The molecular weight excluding hydrogens is 264 g/mol. The van der Waals surface area contributed by atoms with Crippen LogP contribution in [0, 0.1) is 16.0 Å². The molecule has 0 spiro atoms. The van der Waals surface area contributed by atoms with Crippen molar-refractivity contribution in [1.82, 2.24) is 5.32 Å². The van der Waals surface area contributed by atoms with Crippen LogP contribution in [0.3, 0.4) is 0 Å². The highest BCUT2D eigenvalue weighted by molar-refractivity contribution is 7.13. The fourth-order valence-corrected chi connectivity index (χ4v) is 3.40. The van der Waals surface area contributed by atoms with Gasteiger partial charge in [-0.3, -0.25) is 10.1 Å². The molecule has 106 valence electrons. The molecule has 2 unspecified atom stereocenters. The fraction of sp³-hybridized carbons (Fsp3) is 0.692. The van der Waals surface area contributed by atoms with Crippen LogP contribution >= 0.6 is 11.3 Å². The average Bonchev–Trinajstić information content (AvgIpc) is 2.76. The molecule has 1 aliphatic carbocycles. The summed E-state index contributed by atoms with van der Waals surface area (Å²) in [5, 5.41) is 25.5. The van der Waals surface area contributed by atoms with Gasteiger partial charge in [0.05, 0.1) is 4.92 Å².